The van der Waals surface area contributed by atoms with Gasteiger partial charge in [0, 0.05) is 49.9 Å². The van der Waals surface area contributed by atoms with Gasteiger partial charge in [-0.05, 0) is 25.3 Å². The van der Waals surface area contributed by atoms with Crippen molar-refractivity contribution in [1.29, 1.82) is 0 Å². The van der Waals surface area contributed by atoms with Crippen molar-refractivity contribution in [2.75, 3.05) is 0 Å². The Morgan fingerprint density at radius 2 is 1.48 bits per heavy atom. The van der Waals surface area contributed by atoms with Gasteiger partial charge in [0.2, 0.25) is 5.56 Å². The van der Waals surface area contributed by atoms with Crippen LogP contribution in [0.25, 0.3) is 0 Å². The quantitative estimate of drug-likeness (QED) is 0.853. The molecule has 0 saturated heterocycles. The minimum atomic E-state index is 0.0504. The average Bonchev–Trinajstić information content (AvgIpc) is 2.43. The third-order valence-corrected chi connectivity index (χ3v) is 3.19. The highest BCUT2D eigenvalue weighted by Gasteiger charge is 1.98. The predicted octanol–water partition coefficient (Wildman–Crippen LogP) is 2.94. The van der Waals surface area contributed by atoms with E-state index in [1.165, 1.54) is 5.56 Å². The summed E-state index contributed by atoms with van der Waals surface area (Å²) in [7, 11) is 1.77. The fraction of sp³-hybridized carbons (Fsp3) is 0.412. The second kappa shape index (κ2) is 7.62. The number of hydrogen-bond donors (Lipinski definition) is 0. The Labute approximate surface area is 125 Å². The van der Waals surface area contributed by atoms with Crippen LogP contribution in [0.5, 0.6) is 0 Å². The van der Waals surface area contributed by atoms with Crippen LogP contribution in [-0.4, -0.2) is 9.13 Å². The van der Waals surface area contributed by atoms with Crippen molar-refractivity contribution >= 4 is 0 Å². The first-order valence-electron chi connectivity index (χ1n) is 7.15. The molecule has 2 aromatic rings. The van der Waals surface area contributed by atoms with Crippen molar-refractivity contribution < 1.29 is 0 Å². The normalized spacial score (nSPS) is 10.4. The highest BCUT2D eigenvalue weighted by Crippen LogP contribution is 2.10. The molecule has 4 nitrogen and oxygen atoms in total. The molecule has 0 amide bonds. The van der Waals surface area contributed by atoms with E-state index in [0.717, 1.165) is 0 Å². The number of rotatable bonds is 2. The third kappa shape index (κ3) is 5.42. The van der Waals surface area contributed by atoms with Gasteiger partial charge in [-0.2, -0.15) is 0 Å². The number of nitrogens with zero attached hydrogens (tertiary/aromatic N) is 2. The van der Waals surface area contributed by atoms with Gasteiger partial charge in [0.05, 0.1) is 0 Å². The van der Waals surface area contributed by atoms with E-state index in [2.05, 4.69) is 27.7 Å². The first-order chi connectivity index (χ1) is 9.81. The molecule has 0 spiro atoms. The maximum atomic E-state index is 11.0. The summed E-state index contributed by atoms with van der Waals surface area (Å²) in [6.45, 7) is 8.37. The van der Waals surface area contributed by atoms with Crippen LogP contribution in [0.15, 0.2) is 52.4 Å². The van der Waals surface area contributed by atoms with Crippen LogP contribution >= 0.6 is 0 Å². The summed E-state index contributed by atoms with van der Waals surface area (Å²) in [6, 6.07) is 7.06. The van der Waals surface area contributed by atoms with E-state index >= 15 is 0 Å². The second-order valence-corrected chi connectivity index (χ2v) is 5.64. The molecule has 2 rings (SSSR count). The molecule has 0 saturated carbocycles. The molecule has 2 aromatic heterocycles. The molecule has 0 aliphatic carbocycles. The maximum Gasteiger partial charge on any atom is 0.250 e. The SMILES string of the molecule is CC(C)c1ccc(=O)n(C)c1.CC(C)n1ccc(=O)cc1. The van der Waals surface area contributed by atoms with Crippen molar-refractivity contribution in [2.45, 2.75) is 39.7 Å². The van der Waals surface area contributed by atoms with Crippen LogP contribution in [0.1, 0.15) is 45.2 Å². The Morgan fingerprint density at radius 1 is 0.905 bits per heavy atom. The summed E-state index contributed by atoms with van der Waals surface area (Å²) in [5, 5.41) is 0. The van der Waals surface area contributed by atoms with Gasteiger partial charge in [-0.3, -0.25) is 9.59 Å². The molecule has 0 fully saturated rings. The first-order valence-corrected chi connectivity index (χ1v) is 7.15. The zero-order valence-electron chi connectivity index (χ0n) is 13.4. The monoisotopic (exact) mass is 288 g/mol. The highest BCUT2D eigenvalue weighted by molar-refractivity contribution is 5.13. The number of aromatic nitrogens is 2. The van der Waals surface area contributed by atoms with Crippen LogP contribution in [0.3, 0.4) is 0 Å². The van der Waals surface area contributed by atoms with E-state index in [1.807, 2.05) is 16.8 Å². The van der Waals surface area contributed by atoms with Gasteiger partial charge in [-0.25, -0.2) is 0 Å². The van der Waals surface area contributed by atoms with E-state index in [4.69, 9.17) is 0 Å². The number of hydrogen-bond acceptors (Lipinski definition) is 2. The van der Waals surface area contributed by atoms with Gasteiger partial charge in [0.15, 0.2) is 5.43 Å². The van der Waals surface area contributed by atoms with Crippen molar-refractivity contribution in [3.05, 3.63) is 69.0 Å². The van der Waals surface area contributed by atoms with Crippen LogP contribution < -0.4 is 11.0 Å². The van der Waals surface area contributed by atoms with Crippen LogP contribution in [0.2, 0.25) is 0 Å². The Hall–Kier alpha value is -2.10. The number of aryl methyl sites for hydroxylation is 1. The molecule has 0 atom stereocenters. The van der Waals surface area contributed by atoms with Crippen molar-refractivity contribution in [2.24, 2.45) is 7.05 Å². The van der Waals surface area contributed by atoms with Gasteiger partial charge in [-0.1, -0.05) is 19.9 Å². The molecule has 21 heavy (non-hydrogen) atoms. The summed E-state index contributed by atoms with van der Waals surface area (Å²) in [5.74, 6) is 0.488. The second-order valence-electron chi connectivity index (χ2n) is 5.64. The molecule has 0 unspecified atom stereocenters. The largest absolute Gasteiger partial charge is 0.352 e. The van der Waals surface area contributed by atoms with E-state index in [-0.39, 0.29) is 11.0 Å². The molecule has 2 heterocycles. The fourth-order valence-corrected chi connectivity index (χ4v) is 1.73. The van der Waals surface area contributed by atoms with Gasteiger partial charge in [0.25, 0.3) is 0 Å². The molecule has 0 aliphatic rings. The topological polar surface area (TPSA) is 44.0 Å². The van der Waals surface area contributed by atoms with Crippen molar-refractivity contribution in [1.82, 2.24) is 9.13 Å². The van der Waals surface area contributed by atoms with Crippen LogP contribution in [0, 0.1) is 0 Å². The zero-order chi connectivity index (χ0) is 16.0. The molecule has 0 N–H and O–H groups in total. The molecule has 0 radical (unpaired) electrons. The Morgan fingerprint density at radius 3 is 1.90 bits per heavy atom. The maximum absolute atomic E-state index is 11.0. The first kappa shape index (κ1) is 17.0. The van der Waals surface area contributed by atoms with Gasteiger partial charge in [-0.15, -0.1) is 0 Å². The highest BCUT2D eigenvalue weighted by atomic mass is 16.1. The Balaban J connectivity index is 0.000000211. The van der Waals surface area contributed by atoms with E-state index < -0.39 is 0 Å². The molecule has 0 aliphatic heterocycles. The van der Waals surface area contributed by atoms with Crippen LogP contribution in [0.4, 0.5) is 0 Å². The summed E-state index contributed by atoms with van der Waals surface area (Å²) in [4.78, 5) is 21.6. The van der Waals surface area contributed by atoms with Gasteiger partial charge >= 0.3 is 0 Å². The molecular formula is C17H24N2O2. The van der Waals surface area contributed by atoms with Gasteiger partial charge in [0.1, 0.15) is 0 Å². The Kier molecular flexibility index (Phi) is 6.15. The van der Waals surface area contributed by atoms with Crippen LogP contribution in [-0.2, 0) is 7.05 Å². The Bertz CT molecular complexity index is 661. The lowest BCUT2D eigenvalue weighted by Gasteiger charge is -2.07. The third-order valence-electron chi connectivity index (χ3n) is 3.19. The summed E-state index contributed by atoms with van der Waals surface area (Å²) >= 11 is 0. The molecule has 0 bridgehead atoms. The lowest BCUT2D eigenvalue weighted by Crippen LogP contribution is -2.15. The predicted molar refractivity (Wildman–Crippen MR) is 86.9 cm³/mol. The molecular weight excluding hydrogens is 264 g/mol. The summed E-state index contributed by atoms with van der Waals surface area (Å²) in [5.41, 5.74) is 1.32. The van der Waals surface area contributed by atoms with E-state index in [9.17, 15) is 9.59 Å². The minimum Gasteiger partial charge on any atom is -0.352 e. The van der Waals surface area contributed by atoms with Gasteiger partial charge < -0.3 is 9.13 Å². The molecule has 0 aromatic carbocycles. The summed E-state index contributed by atoms with van der Waals surface area (Å²) < 4.78 is 3.59. The molecule has 4 heteroatoms. The lowest BCUT2D eigenvalue weighted by atomic mass is 10.1. The van der Waals surface area contributed by atoms with E-state index in [0.29, 0.717) is 12.0 Å². The minimum absolute atomic E-state index is 0.0504. The summed E-state index contributed by atoms with van der Waals surface area (Å²) in [6.07, 6.45) is 5.48. The standard InChI is InChI=1S/C9H13NO.C8H11NO/c1-7(2)8-4-5-9(11)10(3)6-8;1-7(2)9-5-3-8(10)4-6-9/h4-7H,1-3H3;3-7H,1-2H3. The van der Waals surface area contributed by atoms with Crippen molar-refractivity contribution in [3.63, 3.8) is 0 Å². The molecule has 114 valence electrons. The van der Waals surface area contributed by atoms with E-state index in [1.54, 1.807) is 42.2 Å². The average molecular weight is 288 g/mol. The zero-order valence-corrected chi connectivity index (χ0v) is 13.4. The lowest BCUT2D eigenvalue weighted by molar-refractivity contribution is 0.595. The smallest absolute Gasteiger partial charge is 0.250 e. The fourth-order valence-electron chi connectivity index (χ4n) is 1.73. The van der Waals surface area contributed by atoms with Crippen molar-refractivity contribution in [3.8, 4) is 0 Å². The number of pyridine rings is 2.